The van der Waals surface area contributed by atoms with Crippen molar-refractivity contribution in [3.8, 4) is 11.3 Å². The first-order valence-electron chi connectivity index (χ1n) is 7.12. The number of alkyl halides is 3. The molecule has 3 aromatic rings. The van der Waals surface area contributed by atoms with Crippen LogP contribution in [0.4, 0.5) is 13.2 Å². The molecule has 0 bridgehead atoms. The molecule has 0 fully saturated rings. The SMILES string of the molecule is CS(=O)(=O)Nn1c(=O)[nH]c2cc(C(F)(F)F)c(-c3ccncn3)cc2c1=O. The van der Waals surface area contributed by atoms with E-state index in [1.165, 1.54) is 12.3 Å². The number of nitrogens with one attached hydrogen (secondary N) is 2. The molecule has 13 heteroatoms. The van der Waals surface area contributed by atoms with Crippen LogP contribution in [0.5, 0.6) is 0 Å². The predicted octanol–water partition coefficient (Wildman–Crippen LogP) is 0.669. The zero-order valence-electron chi connectivity index (χ0n) is 13.4. The van der Waals surface area contributed by atoms with Gasteiger partial charge in [-0.1, -0.05) is 0 Å². The second-order valence-electron chi connectivity index (χ2n) is 5.47. The van der Waals surface area contributed by atoms with Gasteiger partial charge < -0.3 is 4.98 Å². The van der Waals surface area contributed by atoms with E-state index in [0.717, 1.165) is 12.4 Å². The fourth-order valence-electron chi connectivity index (χ4n) is 2.41. The second-order valence-corrected chi connectivity index (χ2v) is 7.20. The number of rotatable bonds is 3. The third-order valence-corrected chi connectivity index (χ3v) is 3.97. The monoisotopic (exact) mass is 401 g/mol. The van der Waals surface area contributed by atoms with Gasteiger partial charge in [0, 0.05) is 11.8 Å². The van der Waals surface area contributed by atoms with Crippen molar-refractivity contribution in [1.29, 1.82) is 0 Å². The number of hydrogen-bond acceptors (Lipinski definition) is 6. The summed E-state index contributed by atoms with van der Waals surface area (Å²) in [6, 6.07) is 2.70. The molecule has 0 spiro atoms. The van der Waals surface area contributed by atoms with E-state index in [1.54, 1.807) is 4.83 Å². The lowest BCUT2D eigenvalue weighted by Crippen LogP contribution is -2.43. The van der Waals surface area contributed by atoms with E-state index in [4.69, 9.17) is 0 Å². The maximum atomic E-state index is 13.5. The van der Waals surface area contributed by atoms with Crippen LogP contribution in [0.25, 0.3) is 22.2 Å². The number of hydrogen-bond donors (Lipinski definition) is 2. The van der Waals surface area contributed by atoms with Gasteiger partial charge >= 0.3 is 11.9 Å². The molecule has 2 aromatic heterocycles. The van der Waals surface area contributed by atoms with Crippen LogP contribution in [-0.2, 0) is 16.2 Å². The summed E-state index contributed by atoms with van der Waals surface area (Å²) in [7, 11) is -3.99. The fourth-order valence-corrected chi connectivity index (χ4v) is 2.91. The average Bonchev–Trinajstić information content (AvgIpc) is 2.57. The van der Waals surface area contributed by atoms with Gasteiger partial charge in [-0.15, -0.1) is 0 Å². The first kappa shape index (κ1) is 18.6. The zero-order chi connectivity index (χ0) is 20.0. The highest BCUT2D eigenvalue weighted by atomic mass is 32.2. The largest absolute Gasteiger partial charge is 0.417 e. The Bertz CT molecular complexity index is 1250. The van der Waals surface area contributed by atoms with Gasteiger partial charge in [0.1, 0.15) is 6.33 Å². The third kappa shape index (κ3) is 3.67. The number of nitrogens with zero attached hydrogens (tertiary/aromatic N) is 3. The van der Waals surface area contributed by atoms with E-state index in [-0.39, 0.29) is 15.8 Å². The maximum Gasteiger partial charge on any atom is 0.417 e. The Hall–Kier alpha value is -3.22. The number of H-pyrrole nitrogens is 1. The smallest absolute Gasteiger partial charge is 0.305 e. The normalized spacial score (nSPS) is 12.3. The third-order valence-electron chi connectivity index (χ3n) is 3.46. The number of fused-ring (bicyclic) bond motifs is 1. The summed E-state index contributed by atoms with van der Waals surface area (Å²) in [6.07, 6.45) is -1.83. The topological polar surface area (TPSA) is 127 Å². The minimum atomic E-state index is -4.80. The van der Waals surface area contributed by atoms with Crippen LogP contribution in [0.15, 0.2) is 40.3 Å². The summed E-state index contributed by atoms with van der Waals surface area (Å²) >= 11 is 0. The van der Waals surface area contributed by atoms with Crippen molar-refractivity contribution in [2.75, 3.05) is 11.1 Å². The number of aromatic nitrogens is 4. The van der Waals surface area contributed by atoms with Gasteiger partial charge in [-0.25, -0.2) is 28.0 Å². The summed E-state index contributed by atoms with van der Waals surface area (Å²) in [5.74, 6) is 0. The summed E-state index contributed by atoms with van der Waals surface area (Å²) in [4.78, 5) is 35.5. The first-order valence-corrected chi connectivity index (χ1v) is 9.01. The standard InChI is InChI=1S/C14H10F3N5O4S/c1-27(25,26)21-22-12(23)8-4-7(10-2-3-18-6-19-10)9(14(15,16)17)5-11(8)20-13(22)24/h2-6,21H,1H3,(H,20,24). The summed E-state index contributed by atoms with van der Waals surface area (Å²) in [6.45, 7) is 0. The van der Waals surface area contributed by atoms with E-state index in [0.29, 0.717) is 12.3 Å². The summed E-state index contributed by atoms with van der Waals surface area (Å²) in [5.41, 5.74) is -4.43. The average molecular weight is 401 g/mol. The van der Waals surface area contributed by atoms with Crippen LogP contribution in [0.3, 0.4) is 0 Å². The molecule has 0 aliphatic rings. The minimum absolute atomic E-state index is 0.104. The molecule has 27 heavy (non-hydrogen) atoms. The van der Waals surface area contributed by atoms with Gasteiger partial charge in [-0.3, -0.25) is 4.79 Å². The molecule has 2 N–H and O–H groups in total. The van der Waals surface area contributed by atoms with Gasteiger partial charge in [0.05, 0.1) is 28.4 Å². The molecule has 0 aliphatic heterocycles. The van der Waals surface area contributed by atoms with Crippen LogP contribution >= 0.6 is 0 Å². The molecule has 0 saturated carbocycles. The van der Waals surface area contributed by atoms with Crippen molar-refractivity contribution in [2.24, 2.45) is 0 Å². The Morgan fingerprint density at radius 2 is 1.93 bits per heavy atom. The van der Waals surface area contributed by atoms with E-state index in [2.05, 4.69) is 15.0 Å². The number of sulfonamides is 1. The van der Waals surface area contributed by atoms with Crippen molar-refractivity contribution in [1.82, 2.24) is 19.6 Å². The Labute approximate surface area is 148 Å². The molecule has 0 unspecified atom stereocenters. The minimum Gasteiger partial charge on any atom is -0.305 e. The van der Waals surface area contributed by atoms with Crippen molar-refractivity contribution in [3.05, 3.63) is 57.1 Å². The highest BCUT2D eigenvalue weighted by molar-refractivity contribution is 7.91. The molecule has 0 radical (unpaired) electrons. The van der Waals surface area contributed by atoms with Crippen molar-refractivity contribution < 1.29 is 21.6 Å². The second kappa shape index (κ2) is 6.19. The van der Waals surface area contributed by atoms with Crippen LogP contribution in [-0.4, -0.2) is 34.3 Å². The van der Waals surface area contributed by atoms with E-state index < -0.39 is 44.1 Å². The molecular weight excluding hydrogens is 391 g/mol. The van der Waals surface area contributed by atoms with E-state index in [1.807, 2.05) is 0 Å². The van der Waals surface area contributed by atoms with Gasteiger partial charge in [0.2, 0.25) is 10.0 Å². The van der Waals surface area contributed by atoms with Gasteiger partial charge in [0.25, 0.3) is 5.56 Å². The molecule has 0 saturated heterocycles. The Morgan fingerprint density at radius 3 is 2.48 bits per heavy atom. The Morgan fingerprint density at radius 1 is 1.22 bits per heavy atom. The molecule has 0 aliphatic carbocycles. The molecule has 3 rings (SSSR count). The van der Waals surface area contributed by atoms with Gasteiger partial charge in [0.15, 0.2) is 0 Å². The van der Waals surface area contributed by atoms with E-state index >= 15 is 0 Å². The Kier molecular flexibility index (Phi) is 4.26. The van der Waals surface area contributed by atoms with Crippen LogP contribution < -0.4 is 16.1 Å². The van der Waals surface area contributed by atoms with Crippen molar-refractivity contribution >= 4 is 20.9 Å². The quantitative estimate of drug-likeness (QED) is 0.664. The Balaban J connectivity index is 2.41. The fraction of sp³-hybridized carbons (Fsp3) is 0.143. The van der Waals surface area contributed by atoms with Gasteiger partial charge in [-0.05, 0) is 18.2 Å². The molecule has 1 aromatic carbocycles. The molecule has 0 amide bonds. The lowest BCUT2D eigenvalue weighted by molar-refractivity contribution is -0.137. The molecule has 2 heterocycles. The summed E-state index contributed by atoms with van der Waals surface area (Å²) in [5, 5.41) is -0.340. The van der Waals surface area contributed by atoms with E-state index in [9.17, 15) is 31.2 Å². The highest BCUT2D eigenvalue weighted by Gasteiger charge is 2.35. The van der Waals surface area contributed by atoms with Gasteiger partial charge in [-0.2, -0.15) is 17.8 Å². The first-order chi connectivity index (χ1) is 12.5. The number of aromatic amines is 1. The summed E-state index contributed by atoms with van der Waals surface area (Å²) < 4.78 is 63.2. The molecule has 142 valence electrons. The van der Waals surface area contributed by atoms with Crippen molar-refractivity contribution in [2.45, 2.75) is 6.18 Å². The lowest BCUT2D eigenvalue weighted by Gasteiger charge is -2.14. The van der Waals surface area contributed by atoms with Crippen molar-refractivity contribution in [3.63, 3.8) is 0 Å². The van der Waals surface area contributed by atoms with Crippen LogP contribution in [0.1, 0.15) is 5.56 Å². The number of benzene rings is 1. The van der Waals surface area contributed by atoms with Crippen LogP contribution in [0, 0.1) is 0 Å². The molecule has 0 atom stereocenters. The lowest BCUT2D eigenvalue weighted by atomic mass is 10.0. The molecule has 9 nitrogen and oxygen atoms in total. The van der Waals surface area contributed by atoms with Crippen LogP contribution in [0.2, 0.25) is 0 Å². The zero-order valence-corrected chi connectivity index (χ0v) is 14.2. The maximum absolute atomic E-state index is 13.5. The number of halogens is 3. The molecular formula is C14H10F3N5O4S. The highest BCUT2D eigenvalue weighted by Crippen LogP contribution is 2.37. The predicted molar refractivity (Wildman–Crippen MR) is 89.1 cm³/mol.